The molecule has 0 saturated carbocycles. The van der Waals surface area contributed by atoms with E-state index in [1.54, 1.807) is 13.0 Å². The molecule has 0 radical (unpaired) electrons. The van der Waals surface area contributed by atoms with Crippen LogP contribution >= 0.6 is 11.6 Å². The molecule has 0 bridgehead atoms. The summed E-state index contributed by atoms with van der Waals surface area (Å²) in [7, 11) is 2.43. The lowest BCUT2D eigenvalue weighted by molar-refractivity contribution is -0.106. The van der Waals surface area contributed by atoms with Crippen molar-refractivity contribution < 1.29 is 36.6 Å². The second-order valence-electron chi connectivity index (χ2n) is 7.80. The average Bonchev–Trinajstić information content (AvgIpc) is 2.86. The van der Waals surface area contributed by atoms with Crippen LogP contribution in [-0.2, 0) is 4.74 Å². The number of hydrogen-bond acceptors (Lipinski definition) is 6. The molecule has 3 rings (SSSR count). The smallest absolute Gasteiger partial charge is 0.431 e. The number of halogens is 5. The minimum absolute atomic E-state index is 0.0429. The Labute approximate surface area is 221 Å². The van der Waals surface area contributed by atoms with Crippen LogP contribution in [0.5, 0.6) is 17.5 Å². The zero-order valence-corrected chi connectivity index (χ0v) is 21.7. The molecule has 0 aliphatic carbocycles. The van der Waals surface area contributed by atoms with E-state index in [-0.39, 0.29) is 41.3 Å². The number of amides is 2. The molecule has 2 aromatic rings. The minimum Gasteiger partial charge on any atom is -0.498 e. The lowest BCUT2D eigenvalue weighted by Gasteiger charge is -2.35. The number of hydrogen-bond donors (Lipinski definition) is 0. The molecule has 13 heteroatoms. The van der Waals surface area contributed by atoms with E-state index in [0.717, 1.165) is 24.1 Å². The number of methoxy groups -OCH3 is 1. The van der Waals surface area contributed by atoms with Crippen LogP contribution in [0.25, 0.3) is 0 Å². The summed E-state index contributed by atoms with van der Waals surface area (Å²) in [6.07, 6.45) is 1.53. The van der Waals surface area contributed by atoms with E-state index in [1.165, 1.54) is 25.4 Å². The molecular weight excluding hydrogens is 532 g/mol. The van der Waals surface area contributed by atoms with Gasteiger partial charge in [0.25, 0.3) is 5.88 Å². The molecule has 0 fully saturated rings. The Morgan fingerprint density at radius 1 is 1.21 bits per heavy atom. The van der Waals surface area contributed by atoms with E-state index in [0.29, 0.717) is 17.1 Å². The van der Waals surface area contributed by atoms with Gasteiger partial charge in [0.15, 0.2) is 17.4 Å². The molecule has 0 N–H and O–H groups in total. The number of nitrogens with zero attached hydrogens (tertiary/aromatic N) is 4. The van der Waals surface area contributed by atoms with Crippen molar-refractivity contribution in [2.75, 3.05) is 25.7 Å². The predicted octanol–water partition coefficient (Wildman–Crippen LogP) is 6.99. The molecule has 3 heterocycles. The number of alkyl halides is 3. The van der Waals surface area contributed by atoms with Crippen molar-refractivity contribution in [2.45, 2.75) is 32.9 Å². The van der Waals surface area contributed by atoms with Crippen molar-refractivity contribution in [3.8, 4) is 17.5 Å². The summed E-state index contributed by atoms with van der Waals surface area (Å²) in [6.45, 7) is 3.63. The van der Waals surface area contributed by atoms with Gasteiger partial charge in [0, 0.05) is 19.3 Å². The van der Waals surface area contributed by atoms with Crippen molar-refractivity contribution in [3.05, 3.63) is 70.6 Å². The topological polar surface area (TPSA) is 77.0 Å². The first-order valence-electron chi connectivity index (χ1n) is 11.4. The van der Waals surface area contributed by atoms with Crippen LogP contribution in [0.4, 0.5) is 28.2 Å². The number of carbonyl (C=O) groups is 1. The second kappa shape index (κ2) is 12.2. The van der Waals surface area contributed by atoms with Gasteiger partial charge in [0.1, 0.15) is 23.1 Å². The fourth-order valence-electron chi connectivity index (χ4n) is 3.41. The molecular formula is C25H25ClF4N4O4. The van der Waals surface area contributed by atoms with E-state index in [9.17, 15) is 18.0 Å². The zero-order chi connectivity index (χ0) is 28.0. The highest BCUT2D eigenvalue weighted by Crippen LogP contribution is 2.39. The van der Waals surface area contributed by atoms with Crippen LogP contribution in [0.3, 0.4) is 0 Å². The van der Waals surface area contributed by atoms with Crippen LogP contribution < -0.4 is 14.4 Å². The van der Waals surface area contributed by atoms with Crippen LogP contribution in [0, 0.1) is 5.82 Å². The number of anilines is 1. The third kappa shape index (κ3) is 6.36. The number of aromatic nitrogens is 2. The quantitative estimate of drug-likeness (QED) is 0.245. The molecule has 0 unspecified atom stereocenters. The highest BCUT2D eigenvalue weighted by atomic mass is 35.5. The normalized spacial score (nSPS) is 15.6. The van der Waals surface area contributed by atoms with E-state index >= 15 is 4.39 Å². The second-order valence-corrected chi connectivity index (χ2v) is 8.21. The zero-order valence-electron chi connectivity index (χ0n) is 21.0. The van der Waals surface area contributed by atoms with E-state index in [1.807, 2.05) is 13.0 Å². The highest BCUT2D eigenvalue weighted by Gasteiger charge is 2.44. The molecule has 2 amide bonds. The highest BCUT2D eigenvalue weighted by molar-refractivity contribution is 6.32. The Bertz CT molecular complexity index is 1280. The standard InChI is InChI=1S/C25H25ClF4N4O4/c1-5-8-15-12-20(25(28,29)30)33(3)24(35)34(15)21-18(27)13-17(26)22(32-21)38-19-10-7-11-31-23(19)37-14-16(36-4)9-6-2/h7-13H,5-6,14H2,1-4H3. The lowest BCUT2D eigenvalue weighted by Crippen LogP contribution is -2.47. The van der Waals surface area contributed by atoms with Gasteiger partial charge in [0.2, 0.25) is 5.88 Å². The summed E-state index contributed by atoms with van der Waals surface area (Å²) < 4.78 is 72.2. The van der Waals surface area contributed by atoms with Crippen molar-refractivity contribution >= 4 is 23.4 Å². The van der Waals surface area contributed by atoms with Gasteiger partial charge in [-0.2, -0.15) is 18.2 Å². The molecule has 0 saturated heterocycles. The van der Waals surface area contributed by atoms with Crippen LogP contribution in [0.15, 0.2) is 59.8 Å². The molecule has 1 aliphatic heterocycles. The van der Waals surface area contributed by atoms with E-state index in [4.69, 9.17) is 25.8 Å². The average molecular weight is 557 g/mol. The predicted molar refractivity (Wildman–Crippen MR) is 133 cm³/mol. The number of urea groups is 1. The maximum absolute atomic E-state index is 15.1. The monoisotopic (exact) mass is 556 g/mol. The summed E-state index contributed by atoms with van der Waals surface area (Å²) in [5.41, 5.74) is -1.41. The van der Waals surface area contributed by atoms with Gasteiger partial charge in [0.05, 0.1) is 12.8 Å². The lowest BCUT2D eigenvalue weighted by atomic mass is 10.2. The summed E-state index contributed by atoms with van der Waals surface area (Å²) in [5.74, 6) is -1.30. The molecule has 0 spiro atoms. The molecule has 2 aromatic heterocycles. The number of ether oxygens (including phenoxy) is 3. The van der Waals surface area contributed by atoms with Gasteiger partial charge in [-0.15, -0.1) is 0 Å². The van der Waals surface area contributed by atoms with Crippen LogP contribution in [0.2, 0.25) is 5.02 Å². The Morgan fingerprint density at radius 2 is 1.95 bits per heavy atom. The maximum atomic E-state index is 15.1. The molecule has 38 heavy (non-hydrogen) atoms. The van der Waals surface area contributed by atoms with Gasteiger partial charge in [-0.1, -0.05) is 31.5 Å². The summed E-state index contributed by atoms with van der Waals surface area (Å²) >= 11 is 6.17. The molecule has 0 atom stereocenters. The van der Waals surface area contributed by atoms with Crippen molar-refractivity contribution in [3.63, 3.8) is 0 Å². The van der Waals surface area contributed by atoms with Crippen molar-refractivity contribution in [1.82, 2.24) is 14.9 Å². The van der Waals surface area contributed by atoms with E-state index < -0.39 is 29.5 Å². The number of carbonyl (C=O) groups excluding carboxylic acids is 1. The summed E-state index contributed by atoms with van der Waals surface area (Å²) in [6, 6.07) is 2.73. The largest absolute Gasteiger partial charge is 0.498 e. The maximum Gasteiger partial charge on any atom is 0.431 e. The summed E-state index contributed by atoms with van der Waals surface area (Å²) in [5, 5.41) is -0.255. The minimum atomic E-state index is -4.81. The van der Waals surface area contributed by atoms with Crippen LogP contribution in [0.1, 0.15) is 26.7 Å². The fraction of sp³-hybridized carbons (Fsp3) is 0.320. The Balaban J connectivity index is 2.02. The van der Waals surface area contributed by atoms with Crippen molar-refractivity contribution in [1.29, 1.82) is 0 Å². The Kier molecular flexibility index (Phi) is 9.21. The van der Waals surface area contributed by atoms with Gasteiger partial charge in [-0.05, 0) is 37.1 Å². The molecule has 204 valence electrons. The van der Waals surface area contributed by atoms with Gasteiger partial charge in [-0.3, -0.25) is 4.90 Å². The first-order chi connectivity index (χ1) is 18.0. The first kappa shape index (κ1) is 28.8. The fourth-order valence-corrected chi connectivity index (χ4v) is 3.59. The van der Waals surface area contributed by atoms with Crippen LogP contribution in [-0.4, -0.2) is 47.8 Å². The van der Waals surface area contributed by atoms with E-state index in [2.05, 4.69) is 9.97 Å². The number of allylic oxidation sites excluding steroid dienone is 4. The Morgan fingerprint density at radius 3 is 2.58 bits per heavy atom. The van der Waals surface area contributed by atoms with Crippen molar-refractivity contribution in [2.24, 2.45) is 0 Å². The third-order valence-electron chi connectivity index (χ3n) is 5.16. The number of rotatable bonds is 9. The van der Waals surface area contributed by atoms with Gasteiger partial charge in [-0.25, -0.2) is 19.1 Å². The molecule has 0 aromatic carbocycles. The first-order valence-corrected chi connectivity index (χ1v) is 11.8. The summed E-state index contributed by atoms with van der Waals surface area (Å²) in [4.78, 5) is 22.3. The molecule has 1 aliphatic rings. The number of pyridine rings is 2. The van der Waals surface area contributed by atoms with Gasteiger partial charge >= 0.3 is 12.2 Å². The Hall–Kier alpha value is -3.80. The van der Waals surface area contributed by atoms with Gasteiger partial charge < -0.3 is 14.2 Å². The molecule has 8 nitrogen and oxygen atoms in total. The third-order valence-corrected chi connectivity index (χ3v) is 5.44. The SMILES string of the molecule is CCC=C(COc1ncccc1Oc1nc(N2C(=O)N(C)C(C(F)(F)F)=CC2=CCC)c(F)cc1Cl)OC.